The summed E-state index contributed by atoms with van der Waals surface area (Å²) in [6.45, 7) is 0. The van der Waals surface area contributed by atoms with E-state index in [2.05, 4.69) is 10.3 Å². The number of hydrogen-bond acceptors (Lipinski definition) is 4. The molecule has 0 bridgehead atoms. The molecule has 1 aliphatic heterocycles. The summed E-state index contributed by atoms with van der Waals surface area (Å²) >= 11 is 0. The standard InChI is InChI=1S/C5H7N3O2S/c6-11(9,10)5-4-7-2-1-3-8-5/h1-4,8H,(H2,6,9,10). The maximum atomic E-state index is 10.7. The van der Waals surface area contributed by atoms with Crippen molar-refractivity contribution >= 4 is 16.2 Å². The van der Waals surface area contributed by atoms with Gasteiger partial charge in [-0.05, 0) is 6.08 Å². The molecule has 5 nitrogen and oxygen atoms in total. The van der Waals surface area contributed by atoms with Crippen molar-refractivity contribution in [2.45, 2.75) is 0 Å². The summed E-state index contributed by atoms with van der Waals surface area (Å²) in [4.78, 5) is 3.62. The van der Waals surface area contributed by atoms with Crippen LogP contribution < -0.4 is 10.5 Å². The van der Waals surface area contributed by atoms with Crippen LogP contribution >= 0.6 is 0 Å². The smallest absolute Gasteiger partial charge is 0.255 e. The molecule has 1 heterocycles. The van der Waals surface area contributed by atoms with Crippen LogP contribution in [-0.2, 0) is 10.0 Å². The average molecular weight is 173 g/mol. The lowest BCUT2D eigenvalue weighted by Gasteiger charge is -1.99. The number of nitrogens with zero attached hydrogens (tertiary/aromatic N) is 1. The Kier molecular flexibility index (Phi) is 2.06. The van der Waals surface area contributed by atoms with E-state index in [0.717, 1.165) is 6.20 Å². The van der Waals surface area contributed by atoms with Gasteiger partial charge in [0.25, 0.3) is 10.0 Å². The quantitative estimate of drug-likeness (QED) is 0.547. The number of aliphatic imine (C=N–C) groups is 1. The summed E-state index contributed by atoms with van der Waals surface area (Å²) < 4.78 is 21.4. The predicted octanol–water partition coefficient (Wildman–Crippen LogP) is -0.738. The molecule has 60 valence electrons. The first-order valence-corrected chi connectivity index (χ1v) is 4.33. The van der Waals surface area contributed by atoms with Gasteiger partial charge in [0.2, 0.25) is 0 Å². The van der Waals surface area contributed by atoms with Crippen molar-refractivity contribution in [2.75, 3.05) is 0 Å². The monoisotopic (exact) mass is 173 g/mol. The van der Waals surface area contributed by atoms with Crippen molar-refractivity contribution < 1.29 is 8.42 Å². The Labute approximate surface area is 64.4 Å². The molecule has 0 atom stereocenters. The third-order valence-electron chi connectivity index (χ3n) is 0.992. The van der Waals surface area contributed by atoms with E-state index in [1.54, 1.807) is 6.08 Å². The van der Waals surface area contributed by atoms with Gasteiger partial charge < -0.3 is 5.32 Å². The SMILES string of the molecule is NS(=O)(=O)C1=CN=CC=CN1. The fourth-order valence-electron chi connectivity index (χ4n) is 0.527. The largest absolute Gasteiger partial charge is 0.350 e. The predicted molar refractivity (Wildman–Crippen MR) is 42.0 cm³/mol. The van der Waals surface area contributed by atoms with Gasteiger partial charge in [0.1, 0.15) is 0 Å². The highest BCUT2D eigenvalue weighted by Crippen LogP contribution is 1.98. The van der Waals surface area contributed by atoms with Gasteiger partial charge in [-0.2, -0.15) is 0 Å². The van der Waals surface area contributed by atoms with Crippen LogP contribution in [0.1, 0.15) is 0 Å². The first kappa shape index (κ1) is 7.96. The Morgan fingerprint density at radius 1 is 1.55 bits per heavy atom. The van der Waals surface area contributed by atoms with Crippen LogP contribution in [-0.4, -0.2) is 14.6 Å². The van der Waals surface area contributed by atoms with Crippen molar-refractivity contribution in [1.29, 1.82) is 0 Å². The molecule has 1 aliphatic rings. The van der Waals surface area contributed by atoms with E-state index in [9.17, 15) is 8.42 Å². The lowest BCUT2D eigenvalue weighted by Crippen LogP contribution is -2.22. The van der Waals surface area contributed by atoms with E-state index in [1.807, 2.05) is 0 Å². The minimum Gasteiger partial charge on any atom is -0.350 e. The Bertz CT molecular complexity index is 326. The van der Waals surface area contributed by atoms with Crippen LogP contribution in [0.4, 0.5) is 0 Å². The zero-order chi connectivity index (χ0) is 8.32. The minimum atomic E-state index is -3.66. The Balaban J connectivity index is 2.99. The second kappa shape index (κ2) is 2.85. The topological polar surface area (TPSA) is 84.6 Å². The number of nitrogens with two attached hydrogens (primary N) is 1. The molecule has 0 saturated heterocycles. The normalized spacial score (nSPS) is 17.0. The molecular weight excluding hydrogens is 166 g/mol. The first-order chi connectivity index (χ1) is 5.11. The molecular formula is C5H7N3O2S. The maximum Gasteiger partial charge on any atom is 0.255 e. The van der Waals surface area contributed by atoms with E-state index in [4.69, 9.17) is 5.14 Å². The van der Waals surface area contributed by atoms with Crippen LogP contribution in [0, 0.1) is 0 Å². The number of primary sulfonamides is 1. The number of rotatable bonds is 1. The van der Waals surface area contributed by atoms with Crippen LogP contribution in [0.3, 0.4) is 0 Å². The molecule has 0 aromatic carbocycles. The van der Waals surface area contributed by atoms with Crippen molar-refractivity contribution in [2.24, 2.45) is 10.1 Å². The van der Waals surface area contributed by atoms with E-state index >= 15 is 0 Å². The second-order valence-corrected chi connectivity index (χ2v) is 3.37. The van der Waals surface area contributed by atoms with E-state index in [1.165, 1.54) is 12.4 Å². The van der Waals surface area contributed by atoms with Gasteiger partial charge in [0.05, 0.1) is 6.20 Å². The van der Waals surface area contributed by atoms with Gasteiger partial charge in [-0.3, -0.25) is 4.99 Å². The number of allylic oxidation sites excluding steroid dienone is 1. The van der Waals surface area contributed by atoms with Crippen LogP contribution in [0.2, 0.25) is 0 Å². The summed E-state index contributed by atoms with van der Waals surface area (Å²) in [5.41, 5.74) is 0. The zero-order valence-corrected chi connectivity index (χ0v) is 6.38. The van der Waals surface area contributed by atoms with Gasteiger partial charge in [0.15, 0.2) is 5.03 Å². The zero-order valence-electron chi connectivity index (χ0n) is 5.56. The number of nitrogens with one attached hydrogen (secondary N) is 1. The summed E-state index contributed by atoms with van der Waals surface area (Å²) in [5, 5.41) is 7.17. The molecule has 0 aromatic heterocycles. The van der Waals surface area contributed by atoms with Crippen LogP contribution in [0.25, 0.3) is 0 Å². The maximum absolute atomic E-state index is 10.7. The summed E-state index contributed by atoms with van der Waals surface area (Å²) in [6, 6.07) is 0. The van der Waals surface area contributed by atoms with Crippen molar-refractivity contribution in [3.05, 3.63) is 23.5 Å². The highest BCUT2D eigenvalue weighted by Gasteiger charge is 2.09. The van der Waals surface area contributed by atoms with Crippen molar-refractivity contribution in [3.63, 3.8) is 0 Å². The molecule has 3 N–H and O–H groups in total. The molecule has 0 unspecified atom stereocenters. The lowest BCUT2D eigenvalue weighted by molar-refractivity contribution is 0.601. The van der Waals surface area contributed by atoms with E-state index < -0.39 is 10.0 Å². The van der Waals surface area contributed by atoms with Crippen molar-refractivity contribution in [3.8, 4) is 0 Å². The molecule has 0 radical (unpaired) electrons. The lowest BCUT2D eigenvalue weighted by atomic mass is 10.7. The molecule has 0 aliphatic carbocycles. The van der Waals surface area contributed by atoms with E-state index in [-0.39, 0.29) is 5.03 Å². The average Bonchev–Trinajstić information content (AvgIpc) is 2.10. The molecule has 11 heavy (non-hydrogen) atoms. The Morgan fingerprint density at radius 3 is 2.91 bits per heavy atom. The van der Waals surface area contributed by atoms with Gasteiger partial charge in [-0.1, -0.05) is 0 Å². The van der Waals surface area contributed by atoms with Gasteiger partial charge in [0, 0.05) is 12.4 Å². The van der Waals surface area contributed by atoms with Crippen molar-refractivity contribution in [1.82, 2.24) is 5.32 Å². The summed E-state index contributed by atoms with van der Waals surface area (Å²) in [7, 11) is -3.66. The highest BCUT2D eigenvalue weighted by atomic mass is 32.2. The van der Waals surface area contributed by atoms with Crippen LogP contribution in [0.15, 0.2) is 28.5 Å². The third-order valence-corrected chi connectivity index (χ3v) is 1.83. The molecule has 0 amide bonds. The molecule has 1 rings (SSSR count). The first-order valence-electron chi connectivity index (χ1n) is 2.78. The number of sulfonamides is 1. The molecule has 0 saturated carbocycles. The Morgan fingerprint density at radius 2 is 2.27 bits per heavy atom. The minimum absolute atomic E-state index is 0.109. The third kappa shape index (κ3) is 2.17. The number of hydrogen-bond donors (Lipinski definition) is 2. The van der Waals surface area contributed by atoms with Gasteiger partial charge in [-0.25, -0.2) is 13.6 Å². The highest BCUT2D eigenvalue weighted by molar-refractivity contribution is 7.93. The molecule has 0 fully saturated rings. The molecule has 0 aromatic rings. The van der Waals surface area contributed by atoms with E-state index in [0.29, 0.717) is 0 Å². The fraction of sp³-hybridized carbons (Fsp3) is 0. The second-order valence-electron chi connectivity index (χ2n) is 1.84. The van der Waals surface area contributed by atoms with Gasteiger partial charge in [-0.15, -0.1) is 0 Å². The Hall–Kier alpha value is -1.14. The molecule has 0 spiro atoms. The van der Waals surface area contributed by atoms with Crippen LogP contribution in [0.5, 0.6) is 0 Å². The fourth-order valence-corrected chi connectivity index (χ4v) is 0.967. The summed E-state index contributed by atoms with van der Waals surface area (Å²) in [6.07, 6.45) is 5.60. The molecule has 6 heteroatoms. The summed E-state index contributed by atoms with van der Waals surface area (Å²) in [5.74, 6) is 0. The van der Waals surface area contributed by atoms with Gasteiger partial charge >= 0.3 is 0 Å².